The maximum atomic E-state index is 10.7. The fraction of sp³-hybridized carbons (Fsp3) is 0.929. The Morgan fingerprint density at radius 1 is 1.39 bits per heavy atom. The Kier molecular flexibility index (Phi) is 5.17. The Bertz CT molecular complexity index is 290. The second-order valence-corrected chi connectivity index (χ2v) is 6.69. The van der Waals surface area contributed by atoms with Crippen molar-refractivity contribution in [2.24, 2.45) is 5.41 Å². The van der Waals surface area contributed by atoms with Crippen LogP contribution in [0.5, 0.6) is 0 Å². The lowest BCUT2D eigenvalue weighted by molar-refractivity contribution is -0.137. The Labute approximate surface area is 111 Å². The first-order valence-electron chi connectivity index (χ1n) is 6.87. The highest BCUT2D eigenvalue weighted by atomic mass is 16.4. The molecule has 0 bridgehead atoms. The molecule has 0 amide bonds. The van der Waals surface area contributed by atoms with E-state index in [9.17, 15) is 4.79 Å². The van der Waals surface area contributed by atoms with Crippen LogP contribution in [0.4, 0.5) is 0 Å². The van der Waals surface area contributed by atoms with Crippen LogP contribution in [0, 0.1) is 5.41 Å². The Morgan fingerprint density at radius 2 is 2.00 bits per heavy atom. The van der Waals surface area contributed by atoms with Gasteiger partial charge in [-0.3, -0.25) is 9.69 Å². The number of carbonyl (C=O) groups is 1. The third-order valence-corrected chi connectivity index (χ3v) is 3.80. The average Bonchev–Trinajstić information content (AvgIpc) is 2.31. The highest BCUT2D eigenvalue weighted by Gasteiger charge is 2.33. The van der Waals surface area contributed by atoms with Gasteiger partial charge in [0.05, 0.1) is 0 Å². The van der Waals surface area contributed by atoms with Crippen molar-refractivity contribution in [3.8, 4) is 0 Å². The normalized spacial score (nSPS) is 26.2. The lowest BCUT2D eigenvalue weighted by Crippen LogP contribution is -2.41. The molecule has 1 atom stereocenters. The summed E-state index contributed by atoms with van der Waals surface area (Å²) in [6.07, 6.45) is 1.01. The van der Waals surface area contributed by atoms with Gasteiger partial charge in [-0.25, -0.2) is 0 Å². The molecule has 0 radical (unpaired) electrons. The van der Waals surface area contributed by atoms with Gasteiger partial charge in [-0.15, -0.1) is 0 Å². The van der Waals surface area contributed by atoms with E-state index in [0.717, 1.165) is 26.1 Å². The average molecular weight is 256 g/mol. The van der Waals surface area contributed by atoms with E-state index in [4.69, 9.17) is 5.11 Å². The standard InChI is InChI=1S/C14H28N2O2/c1-11(2)16-8-12(6-7-13(17)18)15(5)9-14(3,4)10-16/h11-12H,6-10H2,1-5H3,(H,17,18). The number of aliphatic carboxylic acids is 1. The van der Waals surface area contributed by atoms with Gasteiger partial charge in [-0.1, -0.05) is 13.8 Å². The van der Waals surface area contributed by atoms with E-state index < -0.39 is 5.97 Å². The molecule has 0 aliphatic carbocycles. The minimum absolute atomic E-state index is 0.261. The van der Waals surface area contributed by atoms with Crippen LogP contribution in [0.1, 0.15) is 40.5 Å². The van der Waals surface area contributed by atoms with Crippen LogP contribution in [0.3, 0.4) is 0 Å². The summed E-state index contributed by atoms with van der Waals surface area (Å²) >= 11 is 0. The van der Waals surface area contributed by atoms with Gasteiger partial charge in [-0.05, 0) is 32.7 Å². The van der Waals surface area contributed by atoms with E-state index in [1.54, 1.807) is 0 Å². The fourth-order valence-corrected chi connectivity index (χ4v) is 2.87. The molecule has 0 spiro atoms. The van der Waals surface area contributed by atoms with Crippen LogP contribution >= 0.6 is 0 Å². The van der Waals surface area contributed by atoms with Crippen molar-refractivity contribution in [1.82, 2.24) is 9.80 Å². The molecule has 0 saturated carbocycles. The number of likely N-dealkylation sites (N-methyl/N-ethyl adjacent to an activating group) is 1. The molecule has 4 heteroatoms. The van der Waals surface area contributed by atoms with Gasteiger partial charge in [-0.2, -0.15) is 0 Å². The van der Waals surface area contributed by atoms with Gasteiger partial charge in [0.25, 0.3) is 0 Å². The topological polar surface area (TPSA) is 43.8 Å². The molecule has 0 aromatic heterocycles. The van der Waals surface area contributed by atoms with Crippen LogP contribution in [0.2, 0.25) is 0 Å². The zero-order valence-electron chi connectivity index (χ0n) is 12.4. The van der Waals surface area contributed by atoms with Gasteiger partial charge >= 0.3 is 5.97 Å². The fourth-order valence-electron chi connectivity index (χ4n) is 2.87. The van der Waals surface area contributed by atoms with Crippen molar-refractivity contribution < 1.29 is 9.90 Å². The molecule has 0 aromatic carbocycles. The first-order chi connectivity index (χ1) is 8.21. The Hall–Kier alpha value is -0.610. The molecule has 1 aliphatic rings. The number of hydrogen-bond donors (Lipinski definition) is 1. The van der Waals surface area contributed by atoms with Crippen LogP contribution in [0.15, 0.2) is 0 Å². The number of rotatable bonds is 4. The predicted octanol–water partition coefficient (Wildman–Crippen LogP) is 1.90. The third-order valence-electron chi connectivity index (χ3n) is 3.80. The van der Waals surface area contributed by atoms with Crippen molar-refractivity contribution in [3.63, 3.8) is 0 Å². The molecule has 106 valence electrons. The lowest BCUT2D eigenvalue weighted by atomic mass is 9.92. The van der Waals surface area contributed by atoms with E-state index in [-0.39, 0.29) is 11.8 Å². The van der Waals surface area contributed by atoms with Gasteiger partial charge in [0.15, 0.2) is 0 Å². The molecule has 1 aliphatic heterocycles. The highest BCUT2D eigenvalue weighted by molar-refractivity contribution is 5.66. The van der Waals surface area contributed by atoms with Gasteiger partial charge < -0.3 is 10.0 Å². The molecule has 1 fully saturated rings. The number of carboxylic acids is 1. The van der Waals surface area contributed by atoms with E-state index in [1.165, 1.54) is 0 Å². The lowest BCUT2D eigenvalue weighted by Gasteiger charge is -2.32. The number of carboxylic acid groups (broad SMARTS) is 1. The zero-order chi connectivity index (χ0) is 13.9. The van der Waals surface area contributed by atoms with Gasteiger partial charge in [0.1, 0.15) is 0 Å². The first kappa shape index (κ1) is 15.4. The first-order valence-corrected chi connectivity index (χ1v) is 6.87. The quantitative estimate of drug-likeness (QED) is 0.834. The second kappa shape index (κ2) is 6.02. The van der Waals surface area contributed by atoms with Gasteiger partial charge in [0.2, 0.25) is 0 Å². The van der Waals surface area contributed by atoms with E-state index in [0.29, 0.717) is 12.1 Å². The summed E-state index contributed by atoms with van der Waals surface area (Å²) in [6, 6.07) is 0.869. The molecule has 1 heterocycles. The summed E-state index contributed by atoms with van der Waals surface area (Å²) in [7, 11) is 2.12. The van der Waals surface area contributed by atoms with Crippen molar-refractivity contribution >= 4 is 5.97 Å². The molecule has 0 aromatic rings. The Balaban J connectivity index is 2.74. The van der Waals surface area contributed by atoms with Crippen LogP contribution < -0.4 is 0 Å². The third kappa shape index (κ3) is 4.58. The monoisotopic (exact) mass is 256 g/mol. The zero-order valence-corrected chi connectivity index (χ0v) is 12.4. The molecule has 1 N–H and O–H groups in total. The number of nitrogens with zero attached hydrogens (tertiary/aromatic N) is 2. The molecule has 18 heavy (non-hydrogen) atoms. The maximum Gasteiger partial charge on any atom is 0.303 e. The minimum Gasteiger partial charge on any atom is -0.481 e. The van der Waals surface area contributed by atoms with Crippen molar-refractivity contribution in [3.05, 3.63) is 0 Å². The minimum atomic E-state index is -0.692. The summed E-state index contributed by atoms with van der Waals surface area (Å²) in [4.78, 5) is 15.6. The van der Waals surface area contributed by atoms with E-state index in [2.05, 4.69) is 44.5 Å². The van der Waals surface area contributed by atoms with Crippen LogP contribution in [0.25, 0.3) is 0 Å². The molecular weight excluding hydrogens is 228 g/mol. The number of hydrogen-bond acceptors (Lipinski definition) is 3. The van der Waals surface area contributed by atoms with Crippen molar-refractivity contribution in [1.29, 1.82) is 0 Å². The SMILES string of the molecule is CC(C)N1CC(CCC(=O)O)N(C)CC(C)(C)C1. The van der Waals surface area contributed by atoms with E-state index in [1.807, 2.05) is 0 Å². The summed E-state index contributed by atoms with van der Waals surface area (Å²) in [5.41, 5.74) is 0.261. The summed E-state index contributed by atoms with van der Waals surface area (Å²) in [5.74, 6) is -0.692. The summed E-state index contributed by atoms with van der Waals surface area (Å²) in [5, 5.41) is 8.85. The van der Waals surface area contributed by atoms with Crippen molar-refractivity contribution in [2.75, 3.05) is 26.7 Å². The summed E-state index contributed by atoms with van der Waals surface area (Å²) < 4.78 is 0. The molecule has 1 unspecified atom stereocenters. The highest BCUT2D eigenvalue weighted by Crippen LogP contribution is 2.26. The smallest absolute Gasteiger partial charge is 0.303 e. The van der Waals surface area contributed by atoms with Crippen molar-refractivity contribution in [2.45, 2.75) is 52.6 Å². The molecular formula is C14H28N2O2. The molecule has 1 saturated heterocycles. The van der Waals surface area contributed by atoms with Crippen LogP contribution in [-0.2, 0) is 4.79 Å². The predicted molar refractivity (Wildman–Crippen MR) is 73.8 cm³/mol. The molecule has 1 rings (SSSR count). The van der Waals surface area contributed by atoms with Gasteiger partial charge in [0, 0.05) is 38.1 Å². The maximum absolute atomic E-state index is 10.7. The largest absolute Gasteiger partial charge is 0.481 e. The Morgan fingerprint density at radius 3 is 2.50 bits per heavy atom. The van der Waals surface area contributed by atoms with E-state index >= 15 is 0 Å². The van der Waals surface area contributed by atoms with Crippen LogP contribution in [-0.4, -0.2) is 59.6 Å². The molecule has 4 nitrogen and oxygen atoms in total. The second-order valence-electron chi connectivity index (χ2n) is 6.69. The summed E-state index contributed by atoms with van der Waals surface area (Å²) in [6.45, 7) is 12.1.